The van der Waals surface area contributed by atoms with Crippen molar-refractivity contribution in [2.24, 2.45) is 0 Å². The van der Waals surface area contributed by atoms with E-state index in [1.807, 2.05) is 30.3 Å². The average molecular weight is 378 g/mol. The molecule has 2 N–H and O–H groups in total. The normalized spacial score (nSPS) is 25.0. The number of aliphatic hydroxyl groups is 2. The van der Waals surface area contributed by atoms with Crippen molar-refractivity contribution >= 4 is 0 Å². The summed E-state index contributed by atoms with van der Waals surface area (Å²) in [7, 11) is 1.37. The van der Waals surface area contributed by atoms with Crippen molar-refractivity contribution in [3.8, 4) is 0 Å². The highest BCUT2D eigenvalue weighted by Gasteiger charge is 2.45. The number of aromatic nitrogens is 2. The van der Waals surface area contributed by atoms with Gasteiger partial charge in [0.2, 0.25) is 0 Å². The zero-order chi connectivity index (χ0) is 19.4. The minimum absolute atomic E-state index is 0.232. The third-order valence-electron chi connectivity index (χ3n) is 4.47. The molecule has 1 fully saturated rings. The molecule has 2 aromatic rings. The molecule has 27 heavy (non-hydrogen) atoms. The number of aliphatic hydroxyl groups excluding tert-OH is 2. The molecule has 0 saturated carbocycles. The lowest BCUT2D eigenvalue weighted by Gasteiger charge is -2.21. The third-order valence-corrected chi connectivity index (χ3v) is 4.47. The topological polar surface area (TPSA) is 112 Å². The van der Waals surface area contributed by atoms with E-state index in [1.54, 1.807) is 0 Å². The van der Waals surface area contributed by atoms with Gasteiger partial charge < -0.3 is 24.4 Å². The van der Waals surface area contributed by atoms with Crippen LogP contribution < -0.4 is 11.2 Å². The number of benzene rings is 1. The Kier molecular flexibility index (Phi) is 6.19. The lowest BCUT2D eigenvalue weighted by atomic mass is 10.1. The first-order valence-electron chi connectivity index (χ1n) is 8.47. The molecule has 1 aliphatic heterocycles. The molecular weight excluding hydrogens is 356 g/mol. The highest BCUT2D eigenvalue weighted by atomic mass is 16.6. The van der Waals surface area contributed by atoms with Crippen molar-refractivity contribution in [2.45, 2.75) is 37.9 Å². The Labute approximate surface area is 155 Å². The predicted octanol–water partition coefficient (Wildman–Crippen LogP) is -0.550. The quantitative estimate of drug-likeness (QED) is 0.665. The van der Waals surface area contributed by atoms with Crippen LogP contribution >= 0.6 is 0 Å². The van der Waals surface area contributed by atoms with Crippen LogP contribution in [0, 0.1) is 0 Å². The van der Waals surface area contributed by atoms with Crippen LogP contribution in [0.25, 0.3) is 0 Å². The Morgan fingerprint density at radius 3 is 2.59 bits per heavy atom. The van der Waals surface area contributed by atoms with Gasteiger partial charge in [-0.2, -0.15) is 0 Å². The van der Waals surface area contributed by atoms with Crippen molar-refractivity contribution in [3.05, 3.63) is 69.0 Å². The van der Waals surface area contributed by atoms with E-state index in [2.05, 4.69) is 0 Å². The van der Waals surface area contributed by atoms with Crippen LogP contribution in [0.1, 0.15) is 11.8 Å². The van der Waals surface area contributed by atoms with Gasteiger partial charge in [-0.05, 0) is 5.56 Å². The lowest BCUT2D eigenvalue weighted by Crippen LogP contribution is -2.43. The molecule has 1 aromatic heterocycles. The molecule has 9 nitrogen and oxygen atoms in total. The summed E-state index contributed by atoms with van der Waals surface area (Å²) < 4.78 is 18.3. The van der Waals surface area contributed by atoms with Crippen molar-refractivity contribution in [2.75, 3.05) is 13.7 Å². The minimum Gasteiger partial charge on any atom is -0.394 e. The van der Waals surface area contributed by atoms with E-state index in [0.717, 1.165) is 14.7 Å². The molecule has 1 saturated heterocycles. The van der Waals surface area contributed by atoms with Crippen LogP contribution in [-0.4, -0.2) is 51.4 Å². The van der Waals surface area contributed by atoms with E-state index in [0.29, 0.717) is 0 Å². The minimum atomic E-state index is -1.10. The van der Waals surface area contributed by atoms with Gasteiger partial charge in [0.1, 0.15) is 25.0 Å². The summed E-state index contributed by atoms with van der Waals surface area (Å²) >= 11 is 0. The van der Waals surface area contributed by atoms with Crippen LogP contribution in [0.4, 0.5) is 0 Å². The fourth-order valence-corrected chi connectivity index (χ4v) is 3.02. The maximum atomic E-state index is 12.7. The number of hydrogen-bond donors (Lipinski definition) is 2. The Hall–Kier alpha value is -2.30. The SMILES string of the molecule is CO[C@@H]1[C@H](O)[C@@H](CO)O[C@H]1n1ccc(=O)n(COCc2ccccc2)c1=O. The molecule has 2 heterocycles. The van der Waals surface area contributed by atoms with Gasteiger partial charge in [-0.25, -0.2) is 9.36 Å². The molecule has 9 heteroatoms. The smallest absolute Gasteiger partial charge is 0.335 e. The van der Waals surface area contributed by atoms with Crippen molar-refractivity contribution in [3.63, 3.8) is 0 Å². The van der Waals surface area contributed by atoms with E-state index in [4.69, 9.17) is 14.2 Å². The molecule has 0 unspecified atom stereocenters. The number of hydrogen-bond acceptors (Lipinski definition) is 7. The Morgan fingerprint density at radius 2 is 1.93 bits per heavy atom. The highest BCUT2D eigenvalue weighted by molar-refractivity contribution is 5.13. The van der Waals surface area contributed by atoms with Crippen molar-refractivity contribution in [1.29, 1.82) is 0 Å². The van der Waals surface area contributed by atoms with E-state index in [9.17, 15) is 19.8 Å². The van der Waals surface area contributed by atoms with Gasteiger partial charge in [0.15, 0.2) is 6.23 Å². The highest BCUT2D eigenvalue weighted by Crippen LogP contribution is 2.30. The first-order valence-corrected chi connectivity index (χ1v) is 8.47. The van der Waals surface area contributed by atoms with Gasteiger partial charge in [-0.15, -0.1) is 0 Å². The van der Waals surface area contributed by atoms with Crippen LogP contribution in [-0.2, 0) is 27.5 Å². The van der Waals surface area contributed by atoms with E-state index < -0.39 is 42.4 Å². The third kappa shape index (κ3) is 4.02. The standard InChI is InChI=1S/C18H22N2O7/c1-25-16-15(23)13(9-21)27-17(16)19-8-7-14(22)20(18(19)24)11-26-10-12-5-3-2-4-6-12/h2-8,13,15-17,21,23H,9-11H2,1H3/t13-,15-,16-,17-/m1/s1. The molecule has 3 rings (SSSR count). The van der Waals surface area contributed by atoms with Crippen LogP contribution in [0.5, 0.6) is 0 Å². The Bertz CT molecular complexity index is 864. The summed E-state index contributed by atoms with van der Waals surface area (Å²) in [5.74, 6) is 0. The lowest BCUT2D eigenvalue weighted by molar-refractivity contribution is -0.0641. The summed E-state index contributed by atoms with van der Waals surface area (Å²) in [6.07, 6.45) is -2.55. The molecule has 0 radical (unpaired) electrons. The number of nitrogens with zero attached hydrogens (tertiary/aromatic N) is 2. The molecule has 146 valence electrons. The van der Waals surface area contributed by atoms with Crippen molar-refractivity contribution < 1.29 is 24.4 Å². The summed E-state index contributed by atoms with van der Waals surface area (Å²) in [5.41, 5.74) is -0.266. The first kappa shape index (κ1) is 19.5. The Morgan fingerprint density at radius 1 is 1.19 bits per heavy atom. The fraction of sp³-hybridized carbons (Fsp3) is 0.444. The zero-order valence-electron chi connectivity index (χ0n) is 14.8. The molecule has 0 amide bonds. The first-order chi connectivity index (χ1) is 13.1. The fourth-order valence-electron chi connectivity index (χ4n) is 3.02. The van der Waals surface area contributed by atoms with Gasteiger partial charge >= 0.3 is 5.69 Å². The van der Waals surface area contributed by atoms with Gasteiger partial charge in [0.05, 0.1) is 13.2 Å². The summed E-state index contributed by atoms with van der Waals surface area (Å²) in [6, 6.07) is 10.6. The number of methoxy groups -OCH3 is 1. The summed E-state index contributed by atoms with van der Waals surface area (Å²) in [4.78, 5) is 24.8. The molecule has 1 aliphatic rings. The second-order valence-electron chi connectivity index (χ2n) is 6.17. The monoisotopic (exact) mass is 378 g/mol. The summed E-state index contributed by atoms with van der Waals surface area (Å²) in [5, 5.41) is 19.4. The van der Waals surface area contributed by atoms with E-state index >= 15 is 0 Å². The molecule has 4 atom stereocenters. The number of rotatable bonds is 7. The molecule has 0 aliphatic carbocycles. The average Bonchev–Trinajstić information content (AvgIpc) is 3.00. The Balaban J connectivity index is 1.81. The largest absolute Gasteiger partial charge is 0.394 e. The zero-order valence-corrected chi connectivity index (χ0v) is 14.8. The van der Waals surface area contributed by atoms with Gasteiger partial charge in [-0.3, -0.25) is 9.36 Å². The maximum absolute atomic E-state index is 12.7. The van der Waals surface area contributed by atoms with Gasteiger partial charge in [-0.1, -0.05) is 30.3 Å². The maximum Gasteiger partial charge on any atom is 0.335 e. The summed E-state index contributed by atoms with van der Waals surface area (Å²) in [6.45, 7) is -0.413. The molecule has 0 spiro atoms. The molecule has 0 bridgehead atoms. The van der Waals surface area contributed by atoms with Crippen LogP contribution in [0.3, 0.4) is 0 Å². The number of ether oxygens (including phenoxy) is 3. The van der Waals surface area contributed by atoms with Crippen molar-refractivity contribution in [1.82, 2.24) is 9.13 Å². The predicted molar refractivity (Wildman–Crippen MR) is 94.0 cm³/mol. The van der Waals surface area contributed by atoms with Crippen LogP contribution in [0.2, 0.25) is 0 Å². The van der Waals surface area contributed by atoms with E-state index in [1.165, 1.54) is 19.4 Å². The van der Waals surface area contributed by atoms with Gasteiger partial charge in [0.25, 0.3) is 5.56 Å². The van der Waals surface area contributed by atoms with E-state index in [-0.39, 0.29) is 13.3 Å². The second-order valence-corrected chi connectivity index (χ2v) is 6.17. The molecular formula is C18H22N2O7. The molecule has 1 aromatic carbocycles. The second kappa shape index (κ2) is 8.59. The van der Waals surface area contributed by atoms with Gasteiger partial charge in [0, 0.05) is 19.4 Å². The van der Waals surface area contributed by atoms with Crippen LogP contribution in [0.15, 0.2) is 52.2 Å².